The highest BCUT2D eigenvalue weighted by atomic mass is 79.9. The van der Waals surface area contributed by atoms with Crippen LogP contribution >= 0.6 is 15.9 Å². The van der Waals surface area contributed by atoms with Crippen LogP contribution in [0.5, 0.6) is 5.75 Å². The van der Waals surface area contributed by atoms with E-state index in [1.165, 1.54) is 24.3 Å². The molecule has 1 N–H and O–H groups in total. The Morgan fingerprint density at radius 3 is 2.69 bits per heavy atom. The fourth-order valence-corrected chi connectivity index (χ4v) is 1.47. The predicted molar refractivity (Wildman–Crippen MR) is 57.4 cm³/mol. The Bertz CT molecular complexity index is 419. The van der Waals surface area contributed by atoms with Gasteiger partial charge in [0.25, 0.3) is 0 Å². The van der Waals surface area contributed by atoms with Gasteiger partial charge in [0, 0.05) is 6.08 Å². The number of halogens is 3. The first-order valence-electron chi connectivity index (χ1n) is 4.14. The van der Waals surface area contributed by atoms with Crippen molar-refractivity contribution in [3.8, 4) is 5.75 Å². The van der Waals surface area contributed by atoms with Gasteiger partial charge in [-0.15, -0.1) is 0 Å². The summed E-state index contributed by atoms with van der Waals surface area (Å²) >= 11 is 3.04. The van der Waals surface area contributed by atoms with Gasteiger partial charge in [-0.3, -0.25) is 0 Å². The molecule has 0 fully saturated rings. The minimum atomic E-state index is -2.89. The van der Waals surface area contributed by atoms with E-state index in [0.717, 1.165) is 6.08 Å². The van der Waals surface area contributed by atoms with E-state index in [1.807, 2.05) is 0 Å². The highest BCUT2D eigenvalue weighted by molar-refractivity contribution is 9.10. The van der Waals surface area contributed by atoms with Gasteiger partial charge in [0.1, 0.15) is 5.75 Å². The Morgan fingerprint density at radius 1 is 1.50 bits per heavy atom. The summed E-state index contributed by atoms with van der Waals surface area (Å²) in [6.45, 7) is -2.89. The molecule has 6 heteroatoms. The summed E-state index contributed by atoms with van der Waals surface area (Å²) < 4.78 is 28.4. The molecule has 16 heavy (non-hydrogen) atoms. The molecule has 1 rings (SSSR count). The summed E-state index contributed by atoms with van der Waals surface area (Å²) in [5, 5.41) is 8.40. The third-order valence-electron chi connectivity index (χ3n) is 1.59. The maximum atomic E-state index is 11.9. The molecular formula is C10H7BrF2O3. The number of rotatable bonds is 4. The molecule has 86 valence electrons. The van der Waals surface area contributed by atoms with Crippen LogP contribution in [0.25, 0.3) is 6.08 Å². The molecular weight excluding hydrogens is 286 g/mol. The van der Waals surface area contributed by atoms with Crippen LogP contribution in [0.2, 0.25) is 0 Å². The van der Waals surface area contributed by atoms with Crippen LogP contribution in [0, 0.1) is 0 Å². The second-order valence-corrected chi connectivity index (χ2v) is 3.59. The highest BCUT2D eigenvalue weighted by Crippen LogP contribution is 2.27. The van der Waals surface area contributed by atoms with Gasteiger partial charge in [-0.25, -0.2) is 4.79 Å². The van der Waals surface area contributed by atoms with Crippen molar-refractivity contribution in [2.45, 2.75) is 6.61 Å². The number of carboxylic acid groups (broad SMARTS) is 1. The molecule has 0 amide bonds. The number of carbonyl (C=O) groups is 1. The first-order chi connectivity index (χ1) is 7.49. The molecule has 0 atom stereocenters. The summed E-state index contributed by atoms with van der Waals surface area (Å²) in [7, 11) is 0. The van der Waals surface area contributed by atoms with E-state index in [4.69, 9.17) is 5.11 Å². The topological polar surface area (TPSA) is 46.5 Å². The highest BCUT2D eigenvalue weighted by Gasteiger charge is 2.07. The summed E-state index contributed by atoms with van der Waals surface area (Å²) in [5.41, 5.74) is 0.566. The van der Waals surface area contributed by atoms with Crippen molar-refractivity contribution >= 4 is 28.0 Å². The van der Waals surface area contributed by atoms with Gasteiger partial charge in [-0.05, 0) is 39.7 Å². The molecule has 1 aromatic rings. The van der Waals surface area contributed by atoms with Gasteiger partial charge in [-0.2, -0.15) is 8.78 Å². The van der Waals surface area contributed by atoms with E-state index in [1.54, 1.807) is 0 Å². The molecule has 0 spiro atoms. The van der Waals surface area contributed by atoms with Crippen LogP contribution in [0.3, 0.4) is 0 Å². The number of hydrogen-bond donors (Lipinski definition) is 1. The number of aliphatic carboxylic acids is 1. The molecule has 0 saturated carbocycles. The van der Waals surface area contributed by atoms with E-state index in [-0.39, 0.29) is 5.75 Å². The van der Waals surface area contributed by atoms with Crippen molar-refractivity contribution in [2.24, 2.45) is 0 Å². The Hall–Kier alpha value is -1.43. The molecule has 1 aromatic carbocycles. The summed E-state index contributed by atoms with van der Waals surface area (Å²) in [5.74, 6) is -1.08. The predicted octanol–water partition coefficient (Wildman–Crippen LogP) is 3.15. The third-order valence-corrected chi connectivity index (χ3v) is 2.21. The fourth-order valence-electron chi connectivity index (χ4n) is 0.980. The van der Waals surface area contributed by atoms with Crippen LogP contribution < -0.4 is 4.74 Å². The second-order valence-electron chi connectivity index (χ2n) is 2.74. The minimum Gasteiger partial charge on any atom is -0.478 e. The van der Waals surface area contributed by atoms with Crippen molar-refractivity contribution in [3.63, 3.8) is 0 Å². The van der Waals surface area contributed by atoms with E-state index in [0.29, 0.717) is 10.0 Å². The Balaban J connectivity index is 2.86. The minimum absolute atomic E-state index is 0.00229. The number of ether oxygens (including phenoxy) is 1. The van der Waals surface area contributed by atoms with E-state index in [2.05, 4.69) is 20.7 Å². The van der Waals surface area contributed by atoms with Crippen LogP contribution in [-0.4, -0.2) is 17.7 Å². The van der Waals surface area contributed by atoms with Crippen LogP contribution in [0.4, 0.5) is 8.78 Å². The van der Waals surface area contributed by atoms with Gasteiger partial charge >= 0.3 is 12.6 Å². The zero-order valence-corrected chi connectivity index (χ0v) is 9.45. The SMILES string of the molecule is O=C(O)C=Cc1ccc(OC(F)F)c(Br)c1. The number of carboxylic acids is 1. The summed E-state index contributed by atoms with van der Waals surface area (Å²) in [6.07, 6.45) is 2.30. The average molecular weight is 293 g/mol. The molecule has 0 heterocycles. The summed E-state index contributed by atoms with van der Waals surface area (Å²) in [4.78, 5) is 10.2. The largest absolute Gasteiger partial charge is 0.478 e. The Kier molecular flexibility index (Phi) is 4.42. The smallest absolute Gasteiger partial charge is 0.387 e. The molecule has 0 bridgehead atoms. The van der Waals surface area contributed by atoms with Gasteiger partial charge in [0.15, 0.2) is 0 Å². The molecule has 0 aliphatic carbocycles. The lowest BCUT2D eigenvalue weighted by atomic mass is 10.2. The normalized spacial score (nSPS) is 11.0. The van der Waals surface area contributed by atoms with Crippen molar-refractivity contribution < 1.29 is 23.4 Å². The number of alkyl halides is 2. The lowest BCUT2D eigenvalue weighted by molar-refractivity contribution is -0.131. The molecule has 0 saturated heterocycles. The first kappa shape index (κ1) is 12.6. The monoisotopic (exact) mass is 292 g/mol. The zero-order chi connectivity index (χ0) is 12.1. The maximum Gasteiger partial charge on any atom is 0.387 e. The van der Waals surface area contributed by atoms with Crippen molar-refractivity contribution in [1.29, 1.82) is 0 Å². The van der Waals surface area contributed by atoms with E-state index in [9.17, 15) is 13.6 Å². The van der Waals surface area contributed by atoms with Gasteiger partial charge < -0.3 is 9.84 Å². The lowest BCUT2D eigenvalue weighted by Gasteiger charge is -2.06. The Morgan fingerprint density at radius 2 is 2.19 bits per heavy atom. The van der Waals surface area contributed by atoms with Crippen LogP contribution in [0.1, 0.15) is 5.56 Å². The maximum absolute atomic E-state index is 11.9. The third kappa shape index (κ3) is 3.98. The quantitative estimate of drug-likeness (QED) is 0.867. The summed E-state index contributed by atoms with van der Waals surface area (Å²) in [6, 6.07) is 4.29. The standard InChI is InChI=1S/C10H7BrF2O3/c11-7-5-6(2-4-9(14)15)1-3-8(7)16-10(12)13/h1-5,10H,(H,14,15). The molecule has 0 unspecified atom stereocenters. The molecule has 0 radical (unpaired) electrons. The van der Waals surface area contributed by atoms with Crippen LogP contribution in [-0.2, 0) is 4.79 Å². The lowest BCUT2D eigenvalue weighted by Crippen LogP contribution is -2.02. The van der Waals surface area contributed by atoms with E-state index >= 15 is 0 Å². The Labute approximate surface area is 98.5 Å². The number of benzene rings is 1. The van der Waals surface area contributed by atoms with Gasteiger partial charge in [0.2, 0.25) is 0 Å². The van der Waals surface area contributed by atoms with Gasteiger partial charge in [-0.1, -0.05) is 6.07 Å². The zero-order valence-electron chi connectivity index (χ0n) is 7.86. The fraction of sp³-hybridized carbons (Fsp3) is 0.100. The van der Waals surface area contributed by atoms with E-state index < -0.39 is 12.6 Å². The number of hydrogen-bond acceptors (Lipinski definition) is 2. The average Bonchev–Trinajstić information content (AvgIpc) is 2.18. The van der Waals surface area contributed by atoms with Crippen LogP contribution in [0.15, 0.2) is 28.7 Å². The van der Waals surface area contributed by atoms with Crippen molar-refractivity contribution in [2.75, 3.05) is 0 Å². The molecule has 0 aliphatic rings. The van der Waals surface area contributed by atoms with Gasteiger partial charge in [0.05, 0.1) is 4.47 Å². The van der Waals surface area contributed by atoms with Crippen molar-refractivity contribution in [1.82, 2.24) is 0 Å². The second kappa shape index (κ2) is 5.60. The molecule has 3 nitrogen and oxygen atoms in total. The van der Waals surface area contributed by atoms with Crippen molar-refractivity contribution in [3.05, 3.63) is 34.3 Å². The molecule has 0 aromatic heterocycles. The molecule has 0 aliphatic heterocycles. The first-order valence-corrected chi connectivity index (χ1v) is 4.93.